The van der Waals surface area contributed by atoms with Gasteiger partial charge in [-0.1, -0.05) is 44.7 Å². The number of unbranched alkanes of at least 4 members (excludes halogenated alkanes) is 2. The Kier molecular flexibility index (Phi) is 14.3. The quantitative estimate of drug-likeness (QED) is 0.0312. The van der Waals surface area contributed by atoms with Gasteiger partial charge in [0.2, 0.25) is 11.6 Å². The Morgan fingerprint density at radius 3 is 1.78 bits per heavy atom. The first kappa shape index (κ1) is 52.3. The van der Waals surface area contributed by atoms with Gasteiger partial charge in [-0.25, -0.2) is 8.42 Å². The smallest absolute Gasteiger partial charge is 0.295 e. The average Bonchev–Trinajstić information content (AvgIpc) is 3.59. The van der Waals surface area contributed by atoms with Crippen molar-refractivity contribution in [3.63, 3.8) is 0 Å². The van der Waals surface area contributed by atoms with Crippen LogP contribution >= 0.6 is 0 Å². The number of hydrogen-bond acceptors (Lipinski definition) is 12. The van der Waals surface area contributed by atoms with E-state index in [2.05, 4.69) is 11.9 Å². The van der Waals surface area contributed by atoms with Crippen molar-refractivity contribution < 1.29 is 69.7 Å². The summed E-state index contributed by atoms with van der Waals surface area (Å²) in [6.07, 6.45) is 10.7. The van der Waals surface area contributed by atoms with E-state index in [-0.39, 0.29) is 46.2 Å². The van der Waals surface area contributed by atoms with Gasteiger partial charge in [-0.3, -0.25) is 23.0 Å². The zero-order valence-electron chi connectivity index (χ0n) is 37.7. The number of amides is 1. The maximum atomic E-state index is 12.6. The summed E-state index contributed by atoms with van der Waals surface area (Å²) in [6, 6.07) is 9.98. The third-order valence-electron chi connectivity index (χ3n) is 12.2. The first-order chi connectivity index (χ1) is 31.4. The standard InChI is InChI=1S/C45H51N3O15S5/c1-7-47-35-20-18-31-33(25-29(65(52,53)54)27-37(31)67(58,59)60)42(35)44(3,4)39(47)15-11-9-12-16-40-45(5,6)43-34-26-30(66(55,56)57)28-38(68(61,62)63)32(34)19-21-36(43)48(40)23-14-10-13-17-41(49)46-22-24-64(50,51)8-2/h8-9,11-12,15-16,18-21,25-28H,2,7,10,13-14,17,22-24H2,1,3-6H3,(H4-,46,49,52,53,54,55,56,57,58,59,60,61,62,63)/p+1. The molecule has 23 heteroatoms. The number of anilines is 1. The van der Waals surface area contributed by atoms with Crippen LogP contribution in [0.15, 0.2) is 116 Å². The molecule has 68 heavy (non-hydrogen) atoms. The van der Waals surface area contributed by atoms with Gasteiger partial charge in [0, 0.05) is 76.6 Å². The lowest BCUT2D eigenvalue weighted by Gasteiger charge is -2.26. The minimum absolute atomic E-state index is 0.0205. The number of rotatable bonds is 18. The van der Waals surface area contributed by atoms with Crippen LogP contribution < -0.4 is 10.2 Å². The summed E-state index contributed by atoms with van der Waals surface area (Å²) in [6.45, 7) is 13.3. The van der Waals surface area contributed by atoms with Crippen LogP contribution in [0.2, 0.25) is 0 Å². The monoisotopic (exact) mass is 1030 g/mol. The molecule has 0 aromatic heterocycles. The van der Waals surface area contributed by atoms with Gasteiger partial charge in [-0.05, 0) is 92.4 Å². The molecule has 2 aliphatic rings. The second-order valence-corrected chi connectivity index (χ2v) is 25.1. The fraction of sp³-hybridized carbons (Fsp3) is 0.333. The van der Waals surface area contributed by atoms with Gasteiger partial charge in [0.15, 0.2) is 15.5 Å². The van der Waals surface area contributed by atoms with Gasteiger partial charge >= 0.3 is 0 Å². The fourth-order valence-electron chi connectivity index (χ4n) is 9.18. The van der Waals surface area contributed by atoms with Crippen LogP contribution in [0.4, 0.5) is 11.4 Å². The lowest BCUT2D eigenvalue weighted by molar-refractivity contribution is -0.438. The highest BCUT2D eigenvalue weighted by atomic mass is 32.2. The molecular formula is C45H52N3O15S5+. The van der Waals surface area contributed by atoms with Crippen molar-refractivity contribution in [2.75, 3.05) is 30.3 Å². The maximum Gasteiger partial charge on any atom is 0.295 e. The number of sulfone groups is 1. The number of benzene rings is 4. The van der Waals surface area contributed by atoms with Crippen LogP contribution in [0.25, 0.3) is 21.5 Å². The predicted octanol–water partition coefficient (Wildman–Crippen LogP) is 6.40. The maximum absolute atomic E-state index is 12.6. The topological polar surface area (TPSA) is 287 Å². The number of carbonyl (C=O) groups excluding carboxylic acids is 1. The molecule has 0 saturated carbocycles. The van der Waals surface area contributed by atoms with Crippen LogP contribution in [-0.2, 0) is 65.9 Å². The van der Waals surface area contributed by atoms with Crippen molar-refractivity contribution >= 4 is 94.8 Å². The van der Waals surface area contributed by atoms with Crippen molar-refractivity contribution in [2.24, 2.45) is 0 Å². The Morgan fingerprint density at radius 2 is 1.25 bits per heavy atom. The number of carbonyl (C=O) groups is 1. The first-order valence-corrected chi connectivity index (χ1v) is 28.6. The van der Waals surface area contributed by atoms with Crippen molar-refractivity contribution in [3.05, 3.63) is 108 Å². The van der Waals surface area contributed by atoms with Gasteiger partial charge < -0.3 is 10.2 Å². The largest absolute Gasteiger partial charge is 0.355 e. The van der Waals surface area contributed by atoms with E-state index in [4.69, 9.17) is 0 Å². The van der Waals surface area contributed by atoms with E-state index in [0.29, 0.717) is 72.7 Å². The zero-order valence-corrected chi connectivity index (χ0v) is 41.7. The number of nitrogens with zero attached hydrogens (tertiary/aromatic N) is 2. The van der Waals surface area contributed by atoms with Crippen LogP contribution in [0, 0.1) is 0 Å². The summed E-state index contributed by atoms with van der Waals surface area (Å²) in [7, 11) is -23.2. The summed E-state index contributed by atoms with van der Waals surface area (Å²) in [5.74, 6) is -0.591. The molecule has 2 aliphatic heterocycles. The van der Waals surface area contributed by atoms with E-state index in [1.165, 1.54) is 18.2 Å². The van der Waals surface area contributed by atoms with Crippen molar-refractivity contribution in [1.29, 1.82) is 0 Å². The molecule has 0 spiro atoms. The number of likely N-dealkylation sites (N-methyl/N-ethyl adjacent to an activating group) is 1. The minimum atomic E-state index is -4.99. The van der Waals surface area contributed by atoms with Crippen molar-refractivity contribution in [3.8, 4) is 0 Å². The predicted molar refractivity (Wildman–Crippen MR) is 258 cm³/mol. The van der Waals surface area contributed by atoms with Crippen LogP contribution in [0.3, 0.4) is 0 Å². The summed E-state index contributed by atoms with van der Waals surface area (Å²) in [5, 5.41) is 3.85. The van der Waals surface area contributed by atoms with Crippen molar-refractivity contribution in [2.45, 2.75) is 90.7 Å². The highest BCUT2D eigenvalue weighted by Gasteiger charge is 2.46. The summed E-state index contributed by atoms with van der Waals surface area (Å²) < 4.78 is 165. The molecule has 0 fully saturated rings. The molecule has 0 radical (unpaired) electrons. The molecule has 4 aromatic carbocycles. The molecule has 0 bridgehead atoms. The first-order valence-electron chi connectivity index (χ1n) is 21.1. The Labute approximate surface area is 396 Å². The Bertz CT molecular complexity index is 3500. The second-order valence-electron chi connectivity index (χ2n) is 17.4. The Morgan fingerprint density at radius 1 is 0.691 bits per heavy atom. The van der Waals surface area contributed by atoms with Crippen molar-refractivity contribution in [1.82, 2.24) is 5.32 Å². The number of fused-ring (bicyclic) bond motifs is 6. The fourth-order valence-corrected chi connectivity index (χ4v) is 12.4. The molecule has 18 nitrogen and oxygen atoms in total. The summed E-state index contributed by atoms with van der Waals surface area (Å²) in [4.78, 5) is 11.6. The van der Waals surface area contributed by atoms with Gasteiger partial charge in [-0.15, -0.1) is 0 Å². The Balaban J connectivity index is 1.38. The molecule has 5 N–H and O–H groups in total. The number of allylic oxidation sites excluding steroid dienone is 6. The van der Waals surface area contributed by atoms with Gasteiger partial charge in [0.1, 0.15) is 16.3 Å². The highest BCUT2D eigenvalue weighted by Crippen LogP contribution is 2.52. The molecule has 0 atom stereocenters. The molecular weight excluding hydrogens is 983 g/mol. The summed E-state index contributed by atoms with van der Waals surface area (Å²) >= 11 is 0. The lowest BCUT2D eigenvalue weighted by atomic mass is 9.79. The van der Waals surface area contributed by atoms with Crippen LogP contribution in [-0.4, -0.2) is 102 Å². The normalized spacial score (nSPS) is 17.0. The SMILES string of the molecule is C=CS(=O)(=O)CCNC(=O)CCCCC[N+]1=C(C=CC=CC=C2N(CC)c3ccc4c(S(=O)(=O)O)cc(S(=O)(=O)O)cc4c3C2(C)C)C(C)(C)c2c1ccc1c(S(=O)(=O)O)cc(S(=O)(=O)O)cc21. The number of nitrogens with one attached hydrogen (secondary N) is 1. The Hall–Kier alpha value is -5.11. The van der Waals surface area contributed by atoms with Crippen LogP contribution in [0.5, 0.6) is 0 Å². The molecule has 6 rings (SSSR count). The molecule has 0 saturated heterocycles. The molecule has 4 aromatic rings. The number of hydrogen-bond donors (Lipinski definition) is 5. The third kappa shape index (κ3) is 10.4. The van der Waals surface area contributed by atoms with E-state index in [0.717, 1.165) is 17.2 Å². The molecule has 2 heterocycles. The van der Waals surface area contributed by atoms with E-state index >= 15 is 0 Å². The van der Waals surface area contributed by atoms with E-state index in [9.17, 15) is 65.1 Å². The lowest BCUT2D eigenvalue weighted by Crippen LogP contribution is -2.28. The molecule has 0 aliphatic carbocycles. The van der Waals surface area contributed by atoms with Gasteiger partial charge in [0.25, 0.3) is 40.5 Å². The third-order valence-corrected chi connectivity index (χ3v) is 17.0. The van der Waals surface area contributed by atoms with E-state index in [1.807, 2.05) is 56.2 Å². The molecule has 0 unspecified atom stereocenters. The van der Waals surface area contributed by atoms with Gasteiger partial charge in [-0.2, -0.15) is 38.2 Å². The summed E-state index contributed by atoms with van der Waals surface area (Å²) in [5.41, 5.74) is 1.89. The van der Waals surface area contributed by atoms with E-state index in [1.54, 1.807) is 30.4 Å². The average molecular weight is 1040 g/mol. The minimum Gasteiger partial charge on any atom is -0.355 e. The van der Waals surface area contributed by atoms with Gasteiger partial charge in [0.05, 0.1) is 21.0 Å². The highest BCUT2D eigenvalue weighted by molar-refractivity contribution is 7.94. The molecule has 366 valence electrons. The van der Waals surface area contributed by atoms with E-state index < -0.39 is 80.7 Å². The van der Waals surface area contributed by atoms with Crippen LogP contribution in [0.1, 0.15) is 71.4 Å². The second kappa shape index (κ2) is 18.7. The zero-order chi connectivity index (χ0) is 50.6. The molecule has 1 amide bonds.